The monoisotopic (exact) mass is 306 g/mol. The van der Waals surface area contributed by atoms with E-state index in [0.29, 0.717) is 0 Å². The molecule has 0 aliphatic heterocycles. The molecule has 0 bridgehead atoms. The van der Waals surface area contributed by atoms with Crippen LogP contribution in [-0.2, 0) is 13.0 Å². The second-order valence-electron chi connectivity index (χ2n) is 4.66. The lowest BCUT2D eigenvalue weighted by Gasteiger charge is -2.07. The Hall–Kier alpha value is -1.06. The Bertz CT molecular complexity index is 505. The van der Waals surface area contributed by atoms with E-state index >= 15 is 0 Å². The van der Waals surface area contributed by atoms with Crippen molar-refractivity contribution in [1.29, 1.82) is 0 Å². The summed E-state index contributed by atoms with van der Waals surface area (Å²) in [6.07, 6.45) is 6.29. The van der Waals surface area contributed by atoms with Crippen LogP contribution < -0.4 is 5.73 Å². The summed E-state index contributed by atoms with van der Waals surface area (Å²) in [6, 6.07) is 10.7. The van der Waals surface area contributed by atoms with Gasteiger partial charge in [0, 0.05) is 29.5 Å². The minimum Gasteiger partial charge on any atom is -0.350 e. The fourth-order valence-electron chi connectivity index (χ4n) is 1.98. The summed E-state index contributed by atoms with van der Waals surface area (Å²) in [5.41, 5.74) is 8.58. The van der Waals surface area contributed by atoms with Gasteiger partial charge in [-0.1, -0.05) is 41.1 Å². The zero-order chi connectivity index (χ0) is 13.0. The normalized spacial score (nSPS) is 12.6. The van der Waals surface area contributed by atoms with Gasteiger partial charge in [0.05, 0.1) is 0 Å². The van der Waals surface area contributed by atoms with E-state index in [4.69, 9.17) is 5.73 Å². The molecule has 0 saturated carbocycles. The first-order valence-electron chi connectivity index (χ1n) is 6.32. The minimum atomic E-state index is 0.268. The SMILES string of the molecule is CCC(N)Cc1ccn(Cc2ccccc2Br)c1. The molecule has 96 valence electrons. The minimum absolute atomic E-state index is 0.268. The van der Waals surface area contributed by atoms with E-state index in [1.165, 1.54) is 11.1 Å². The molecule has 2 aromatic rings. The topological polar surface area (TPSA) is 30.9 Å². The van der Waals surface area contributed by atoms with Gasteiger partial charge in [0.2, 0.25) is 0 Å². The molecule has 0 radical (unpaired) electrons. The maximum absolute atomic E-state index is 5.97. The summed E-state index contributed by atoms with van der Waals surface area (Å²) in [5.74, 6) is 0. The van der Waals surface area contributed by atoms with Gasteiger partial charge < -0.3 is 10.3 Å². The van der Waals surface area contributed by atoms with Crippen LogP contribution in [0.5, 0.6) is 0 Å². The van der Waals surface area contributed by atoms with Crippen LogP contribution in [0.2, 0.25) is 0 Å². The molecule has 1 aromatic heterocycles. The van der Waals surface area contributed by atoms with Gasteiger partial charge in [-0.15, -0.1) is 0 Å². The van der Waals surface area contributed by atoms with Gasteiger partial charge in [-0.05, 0) is 36.1 Å². The van der Waals surface area contributed by atoms with Gasteiger partial charge in [-0.2, -0.15) is 0 Å². The number of aromatic nitrogens is 1. The van der Waals surface area contributed by atoms with E-state index in [1.54, 1.807) is 0 Å². The van der Waals surface area contributed by atoms with Crippen molar-refractivity contribution in [3.63, 3.8) is 0 Å². The van der Waals surface area contributed by atoms with E-state index < -0.39 is 0 Å². The largest absolute Gasteiger partial charge is 0.350 e. The Morgan fingerprint density at radius 2 is 2.06 bits per heavy atom. The highest BCUT2D eigenvalue weighted by atomic mass is 79.9. The van der Waals surface area contributed by atoms with Gasteiger partial charge in [0.1, 0.15) is 0 Å². The first-order chi connectivity index (χ1) is 8.69. The van der Waals surface area contributed by atoms with E-state index in [2.05, 4.69) is 64.1 Å². The van der Waals surface area contributed by atoms with Crippen molar-refractivity contribution in [2.75, 3.05) is 0 Å². The highest BCUT2D eigenvalue weighted by Gasteiger charge is 2.04. The lowest BCUT2D eigenvalue weighted by Crippen LogP contribution is -2.21. The Kier molecular flexibility index (Phi) is 4.61. The summed E-state index contributed by atoms with van der Waals surface area (Å²) >= 11 is 3.58. The molecule has 18 heavy (non-hydrogen) atoms. The molecule has 1 unspecified atom stereocenters. The first-order valence-corrected chi connectivity index (χ1v) is 7.12. The third-order valence-corrected chi connectivity index (χ3v) is 3.92. The van der Waals surface area contributed by atoms with E-state index in [9.17, 15) is 0 Å². The number of rotatable bonds is 5. The molecule has 2 nitrogen and oxygen atoms in total. The molecule has 1 heterocycles. The summed E-state index contributed by atoms with van der Waals surface area (Å²) in [7, 11) is 0. The van der Waals surface area contributed by atoms with Crippen LogP contribution in [0.25, 0.3) is 0 Å². The molecule has 0 spiro atoms. The number of halogens is 1. The smallest absolute Gasteiger partial charge is 0.0481 e. The van der Waals surface area contributed by atoms with Gasteiger partial charge in [0.25, 0.3) is 0 Å². The molecule has 0 amide bonds. The summed E-state index contributed by atoms with van der Waals surface area (Å²) < 4.78 is 3.36. The number of hydrogen-bond acceptors (Lipinski definition) is 1. The van der Waals surface area contributed by atoms with Crippen LogP contribution in [-0.4, -0.2) is 10.6 Å². The number of benzene rings is 1. The molecule has 0 aliphatic carbocycles. The molecular weight excluding hydrogens is 288 g/mol. The van der Waals surface area contributed by atoms with Gasteiger partial charge in [-0.3, -0.25) is 0 Å². The fraction of sp³-hybridized carbons (Fsp3) is 0.333. The maximum atomic E-state index is 5.97. The number of nitrogens with zero attached hydrogens (tertiary/aromatic N) is 1. The summed E-state index contributed by atoms with van der Waals surface area (Å²) in [4.78, 5) is 0. The average molecular weight is 307 g/mol. The molecular formula is C15H19BrN2. The molecule has 1 atom stereocenters. The van der Waals surface area contributed by atoms with Crippen LogP contribution in [0.3, 0.4) is 0 Å². The van der Waals surface area contributed by atoms with Crippen molar-refractivity contribution in [2.24, 2.45) is 5.73 Å². The van der Waals surface area contributed by atoms with E-state index in [0.717, 1.165) is 23.9 Å². The Morgan fingerprint density at radius 3 is 2.78 bits per heavy atom. The molecule has 1 aromatic carbocycles. The van der Waals surface area contributed by atoms with Crippen LogP contribution >= 0.6 is 15.9 Å². The number of hydrogen-bond donors (Lipinski definition) is 1. The number of nitrogens with two attached hydrogens (primary N) is 1. The molecule has 2 N–H and O–H groups in total. The van der Waals surface area contributed by atoms with Crippen molar-refractivity contribution in [1.82, 2.24) is 4.57 Å². The van der Waals surface area contributed by atoms with Crippen LogP contribution in [0.4, 0.5) is 0 Å². The van der Waals surface area contributed by atoms with Crippen LogP contribution in [0.15, 0.2) is 47.2 Å². The van der Waals surface area contributed by atoms with Crippen molar-refractivity contribution in [3.05, 3.63) is 58.3 Å². The zero-order valence-corrected chi connectivity index (χ0v) is 12.2. The van der Waals surface area contributed by atoms with E-state index in [1.807, 2.05) is 6.07 Å². The Balaban J connectivity index is 2.05. The van der Waals surface area contributed by atoms with Crippen molar-refractivity contribution in [2.45, 2.75) is 32.4 Å². The highest BCUT2D eigenvalue weighted by Crippen LogP contribution is 2.17. The third kappa shape index (κ3) is 3.47. The van der Waals surface area contributed by atoms with Gasteiger partial charge in [0.15, 0.2) is 0 Å². The lowest BCUT2D eigenvalue weighted by atomic mass is 10.1. The summed E-state index contributed by atoms with van der Waals surface area (Å²) in [6.45, 7) is 3.02. The lowest BCUT2D eigenvalue weighted by molar-refractivity contribution is 0.645. The summed E-state index contributed by atoms with van der Waals surface area (Å²) in [5, 5.41) is 0. The Morgan fingerprint density at radius 1 is 1.28 bits per heavy atom. The molecule has 0 fully saturated rings. The maximum Gasteiger partial charge on any atom is 0.0481 e. The van der Waals surface area contributed by atoms with Gasteiger partial charge in [-0.25, -0.2) is 0 Å². The molecule has 3 heteroatoms. The van der Waals surface area contributed by atoms with Crippen molar-refractivity contribution < 1.29 is 0 Å². The second kappa shape index (κ2) is 6.21. The van der Waals surface area contributed by atoms with Gasteiger partial charge >= 0.3 is 0 Å². The van der Waals surface area contributed by atoms with Crippen LogP contribution in [0.1, 0.15) is 24.5 Å². The highest BCUT2D eigenvalue weighted by molar-refractivity contribution is 9.10. The second-order valence-corrected chi connectivity index (χ2v) is 5.51. The van der Waals surface area contributed by atoms with Crippen LogP contribution in [0, 0.1) is 0 Å². The molecule has 0 aliphatic rings. The average Bonchev–Trinajstić information content (AvgIpc) is 2.79. The fourth-order valence-corrected chi connectivity index (χ4v) is 2.39. The molecule has 0 saturated heterocycles. The first kappa shape index (κ1) is 13.4. The third-order valence-electron chi connectivity index (χ3n) is 3.14. The van der Waals surface area contributed by atoms with Crippen molar-refractivity contribution in [3.8, 4) is 0 Å². The quantitative estimate of drug-likeness (QED) is 0.899. The predicted molar refractivity (Wildman–Crippen MR) is 79.6 cm³/mol. The standard InChI is InChI=1S/C15H19BrN2/c1-2-14(17)9-12-7-8-18(10-12)11-13-5-3-4-6-15(13)16/h3-8,10,14H,2,9,11,17H2,1H3. The van der Waals surface area contributed by atoms with E-state index in [-0.39, 0.29) is 6.04 Å². The zero-order valence-electron chi connectivity index (χ0n) is 10.6. The Labute approximate surface area is 117 Å². The molecule has 2 rings (SSSR count). The van der Waals surface area contributed by atoms with Crippen molar-refractivity contribution >= 4 is 15.9 Å². The predicted octanol–water partition coefficient (Wildman–Crippen LogP) is 3.58.